The number of likely N-dealkylation sites (tertiary alicyclic amines) is 1. The van der Waals surface area contributed by atoms with Crippen molar-refractivity contribution in [2.24, 2.45) is 10.9 Å². The minimum atomic E-state index is -1.20. The molecule has 0 unspecified atom stereocenters. The fraction of sp³-hybridized carbons (Fsp3) is 0.373. The van der Waals surface area contributed by atoms with Gasteiger partial charge >= 0.3 is 11.9 Å². The van der Waals surface area contributed by atoms with E-state index in [2.05, 4.69) is 34.7 Å². The van der Waals surface area contributed by atoms with E-state index in [-0.39, 0.29) is 47.6 Å². The van der Waals surface area contributed by atoms with Crippen LogP contribution in [0.1, 0.15) is 89.4 Å². The maximum Gasteiger partial charge on any atom is 0.339 e. The maximum absolute atomic E-state index is 16.3. The Labute approximate surface area is 421 Å². The lowest BCUT2D eigenvalue weighted by Gasteiger charge is -2.41. The number of carboxylic acid groups (broad SMARTS) is 1. The van der Waals surface area contributed by atoms with E-state index in [1.165, 1.54) is 6.07 Å². The Morgan fingerprint density at radius 2 is 1.64 bits per heavy atom. The van der Waals surface area contributed by atoms with E-state index in [1.807, 2.05) is 52.8 Å². The second-order valence-corrected chi connectivity index (χ2v) is 20.9. The number of aromatic nitrogens is 7. The third-order valence-electron chi connectivity index (χ3n) is 15.0. The van der Waals surface area contributed by atoms with Crippen LogP contribution in [0.2, 0.25) is 5.02 Å². The summed E-state index contributed by atoms with van der Waals surface area (Å²) < 4.78 is 19.9. The van der Waals surface area contributed by atoms with Crippen LogP contribution in [0.5, 0.6) is 0 Å². The van der Waals surface area contributed by atoms with Gasteiger partial charge in [-0.3, -0.25) is 33.4 Å². The number of rotatable bonds is 11. The molecule has 3 N–H and O–H groups in total. The van der Waals surface area contributed by atoms with Crippen LogP contribution in [0.3, 0.4) is 0 Å². The third kappa shape index (κ3) is 8.23. The lowest BCUT2D eigenvalue weighted by atomic mass is 9.87. The predicted molar refractivity (Wildman–Crippen MR) is 268 cm³/mol. The number of thiophene rings is 1. The molecule has 1 atom stereocenters. The van der Waals surface area contributed by atoms with Gasteiger partial charge in [-0.05, 0) is 81.0 Å². The lowest BCUT2D eigenvalue weighted by molar-refractivity contribution is -0.142. The van der Waals surface area contributed by atoms with Crippen molar-refractivity contribution in [2.75, 3.05) is 39.3 Å². The third-order valence-corrected chi connectivity index (χ3v) is 16.4. The van der Waals surface area contributed by atoms with Crippen LogP contribution in [0.25, 0.3) is 37.9 Å². The number of fused-ring (bicyclic) bond motifs is 5. The summed E-state index contributed by atoms with van der Waals surface area (Å²) in [4.78, 5) is 75.8. The number of aliphatic imine (C=N–C) groups is 1. The van der Waals surface area contributed by atoms with Crippen LogP contribution >= 0.6 is 22.9 Å². The van der Waals surface area contributed by atoms with Crippen LogP contribution < -0.4 is 15.2 Å². The fourth-order valence-electron chi connectivity index (χ4n) is 11.1. The number of carboxylic acids is 1. The molecule has 0 aliphatic carbocycles. The molecule has 21 heteroatoms. The van der Waals surface area contributed by atoms with Crippen LogP contribution in [-0.2, 0) is 30.5 Å². The first-order valence-corrected chi connectivity index (χ1v) is 25.3. The van der Waals surface area contributed by atoms with Crippen LogP contribution in [0.4, 0.5) is 4.39 Å². The first-order valence-electron chi connectivity index (χ1n) is 24.1. The molecule has 9 heterocycles. The quantitative estimate of drug-likeness (QED) is 0.125. The highest BCUT2D eigenvalue weighted by Crippen LogP contribution is 2.44. The number of benzene rings is 3. The summed E-state index contributed by atoms with van der Waals surface area (Å²) in [5.74, 6) is -1.68. The topological polar surface area (TPSA) is 212 Å². The largest absolute Gasteiger partial charge is 0.480 e. The average molecular weight is 1010 g/mol. The number of carbonyl (C=O) groups excluding carboxylic acids is 4. The molecule has 370 valence electrons. The minimum absolute atomic E-state index is 0.000766. The highest BCUT2D eigenvalue weighted by molar-refractivity contribution is 7.15. The molecule has 2 fully saturated rings. The second-order valence-electron chi connectivity index (χ2n) is 19.3. The number of nitrogens with zero attached hydrogens (tertiary/aromatic N) is 10. The Morgan fingerprint density at radius 1 is 0.889 bits per heavy atom. The van der Waals surface area contributed by atoms with Crippen LogP contribution in [0.15, 0.2) is 65.8 Å². The molecule has 3 aromatic carbocycles. The summed E-state index contributed by atoms with van der Waals surface area (Å²) in [5.41, 5.74) is 6.63. The number of aliphatic carboxylic acids is 1. The summed E-state index contributed by atoms with van der Waals surface area (Å²) in [5, 5.41) is 35.4. The number of hydrogen-bond donors (Lipinski definition) is 3. The SMILES string of the molecule is Cc1sc2c(c1C)C(c1ccc(Cl)cc1)=N[C@@H](CC(=O)N1CCC(CC(=O)[N+]34CCC(CC3)c3nn(CC(=O)NCC(=O)NCC(=O)O)c5cccc(c35)-c3cc5c(cnn54)cc3F)CC1)c1nnc(C)n1-2. The van der Waals surface area contributed by atoms with Gasteiger partial charge in [-0.25, -0.2) is 9.18 Å². The maximum atomic E-state index is 16.3. The molecule has 5 aliphatic heterocycles. The molecular formula is C51H51ClFN12O6S+. The fourth-order valence-corrected chi connectivity index (χ4v) is 12.4. The number of nitrogens with one attached hydrogen (secondary N) is 2. The predicted octanol–water partition coefficient (Wildman–Crippen LogP) is 6.20. The van der Waals surface area contributed by atoms with Crippen LogP contribution in [0, 0.1) is 32.5 Å². The van der Waals surface area contributed by atoms with Crippen molar-refractivity contribution in [1.82, 2.24) is 54.6 Å². The number of amides is 4. The Bertz CT molecular complexity index is 3420. The van der Waals surface area contributed by atoms with Gasteiger partial charge in [0.25, 0.3) is 0 Å². The highest BCUT2D eigenvalue weighted by Gasteiger charge is 2.47. The van der Waals surface area contributed by atoms with Gasteiger partial charge in [-0.2, -0.15) is 5.10 Å². The molecule has 5 aliphatic rings. The number of halogens is 2. The molecule has 2 saturated heterocycles. The monoisotopic (exact) mass is 1010 g/mol. The molecule has 4 amide bonds. The van der Waals surface area contributed by atoms with Gasteiger partial charge in [0.15, 0.2) is 5.82 Å². The van der Waals surface area contributed by atoms with Crippen molar-refractivity contribution < 1.29 is 33.5 Å². The van der Waals surface area contributed by atoms with Crippen LogP contribution in [-0.4, -0.2) is 119 Å². The molecular weight excluding hydrogens is 963 g/mol. The summed E-state index contributed by atoms with van der Waals surface area (Å²) in [6.45, 7) is 6.65. The Kier molecular flexibility index (Phi) is 12.1. The van der Waals surface area contributed by atoms with Gasteiger partial charge in [0.2, 0.25) is 17.7 Å². The molecule has 0 saturated carbocycles. The number of carbonyl (C=O) groups is 5. The summed E-state index contributed by atoms with van der Waals surface area (Å²) in [6.07, 6.45) is 4.36. The van der Waals surface area contributed by atoms with Crippen molar-refractivity contribution in [2.45, 2.75) is 77.8 Å². The zero-order valence-corrected chi connectivity index (χ0v) is 41.4. The molecule has 4 bridgehead atoms. The second kappa shape index (κ2) is 18.5. The smallest absolute Gasteiger partial charge is 0.339 e. The highest BCUT2D eigenvalue weighted by atomic mass is 35.5. The Hall–Kier alpha value is -7.16. The summed E-state index contributed by atoms with van der Waals surface area (Å²) in [7, 11) is 0. The molecule has 12 rings (SSSR count). The van der Waals surface area contributed by atoms with Crippen molar-refractivity contribution in [3.8, 4) is 16.1 Å². The number of quaternary nitrogens is 1. The normalized spacial score (nSPS) is 19.4. The molecule has 0 radical (unpaired) electrons. The van der Waals surface area contributed by atoms with E-state index in [9.17, 15) is 19.2 Å². The molecule has 0 spiro atoms. The van der Waals surface area contributed by atoms with Gasteiger partial charge in [-0.1, -0.05) is 40.7 Å². The van der Waals surface area contributed by atoms with Gasteiger partial charge in [0, 0.05) is 69.2 Å². The minimum Gasteiger partial charge on any atom is -0.480 e. The first kappa shape index (κ1) is 47.2. The van der Waals surface area contributed by atoms with Crippen molar-refractivity contribution in [1.29, 1.82) is 0 Å². The standard InChI is InChI=1S/C51H50ClFN12O6S/c1-27-28(2)72-51-46(27)48(31-7-9-34(52)10-8-31)57-38(50-59-58-29(3)63(50)51)22-43(68)61-15-11-30(12-16-61)19-44(69)65-17-13-32(14-18-65)49-47-35(36-21-40-33(20-37(36)53)23-56-64(40)65)5-4-6-39(47)62(60-49)26-42(67)54-24-41(66)55-25-45(70)71/h4-10,20-21,23,30,32,38H,11-19,22,24-26H2,1-3H3,(H2-,54,55,66,67,70,71)/p+1/t32?,38-,65?/m0/s1. The average Bonchev–Trinajstić information content (AvgIpc) is 4.12. The zero-order chi connectivity index (χ0) is 50.2. The number of aryl methyl sites for hydroxylation is 2. The van der Waals surface area contributed by atoms with Crippen molar-refractivity contribution in [3.05, 3.63) is 111 Å². The Morgan fingerprint density at radius 3 is 2.39 bits per heavy atom. The molecule has 7 aromatic rings. The van der Waals surface area contributed by atoms with Crippen molar-refractivity contribution in [3.63, 3.8) is 0 Å². The summed E-state index contributed by atoms with van der Waals surface area (Å²) >= 11 is 7.98. The van der Waals surface area contributed by atoms with Gasteiger partial charge in [0.05, 0.1) is 42.5 Å². The first-order chi connectivity index (χ1) is 34.7. The van der Waals surface area contributed by atoms with E-state index in [0.717, 1.165) is 38.1 Å². The number of hydrogen-bond acceptors (Lipinski definition) is 11. The molecule has 18 nitrogen and oxygen atoms in total. The van der Waals surface area contributed by atoms with Crippen molar-refractivity contribution >= 4 is 80.1 Å². The molecule has 72 heavy (non-hydrogen) atoms. The van der Waals surface area contributed by atoms with Gasteiger partial charge < -0.3 is 20.6 Å². The summed E-state index contributed by atoms with van der Waals surface area (Å²) in [6, 6.07) is 15.7. The lowest BCUT2D eigenvalue weighted by Crippen LogP contribution is -2.66. The van der Waals surface area contributed by atoms with E-state index < -0.39 is 42.7 Å². The van der Waals surface area contributed by atoms with E-state index in [0.29, 0.717) is 101 Å². The zero-order valence-electron chi connectivity index (χ0n) is 39.8. The van der Waals surface area contributed by atoms with Gasteiger partial charge in [-0.15, -0.1) is 31.2 Å². The van der Waals surface area contributed by atoms with E-state index in [4.69, 9.17) is 31.9 Å². The van der Waals surface area contributed by atoms with E-state index >= 15 is 9.18 Å². The molecule has 4 aromatic heterocycles. The van der Waals surface area contributed by atoms with Gasteiger partial charge in [0.1, 0.15) is 54.4 Å². The van der Waals surface area contributed by atoms with E-state index in [1.54, 1.807) is 39.1 Å². The number of piperidine rings is 2. The Balaban J connectivity index is 0.824.